The first-order chi connectivity index (χ1) is 8.40. The summed E-state index contributed by atoms with van der Waals surface area (Å²) in [6, 6.07) is 7.61. The monoisotopic (exact) mass is 310 g/mol. The second kappa shape index (κ2) is 5.02. The molecule has 1 amide bonds. The van der Waals surface area contributed by atoms with Gasteiger partial charge in [-0.05, 0) is 44.9 Å². The van der Waals surface area contributed by atoms with Crippen molar-refractivity contribution in [2.75, 3.05) is 6.54 Å². The van der Waals surface area contributed by atoms with Crippen LogP contribution in [-0.2, 0) is 0 Å². The first-order valence-corrected chi connectivity index (χ1v) is 7.02. The third-order valence-electron chi connectivity index (χ3n) is 3.59. The van der Waals surface area contributed by atoms with Crippen molar-refractivity contribution < 1.29 is 4.79 Å². The molecule has 0 aromatic heterocycles. The van der Waals surface area contributed by atoms with E-state index in [0.717, 1.165) is 17.3 Å². The minimum absolute atomic E-state index is 0.0662. The average Bonchev–Trinajstić information content (AvgIpc) is 2.31. The standard InChI is InChI=1S/C14H19BrN2O/c1-14(2)7-6-12(16)9-17(14)13(18)10-4-3-5-11(15)8-10/h3-5,8,12H,6-7,9,16H2,1-2H3. The van der Waals surface area contributed by atoms with E-state index in [4.69, 9.17) is 5.73 Å². The van der Waals surface area contributed by atoms with E-state index >= 15 is 0 Å². The molecule has 0 aliphatic carbocycles. The van der Waals surface area contributed by atoms with Gasteiger partial charge in [-0.15, -0.1) is 0 Å². The summed E-state index contributed by atoms with van der Waals surface area (Å²) in [5.74, 6) is 0.0662. The zero-order chi connectivity index (χ0) is 13.3. The zero-order valence-corrected chi connectivity index (χ0v) is 12.4. The van der Waals surface area contributed by atoms with Gasteiger partial charge in [-0.1, -0.05) is 22.0 Å². The molecule has 1 unspecified atom stereocenters. The molecule has 1 heterocycles. The Labute approximate surface area is 116 Å². The van der Waals surface area contributed by atoms with Crippen molar-refractivity contribution in [2.45, 2.75) is 38.3 Å². The Morgan fingerprint density at radius 3 is 2.89 bits per heavy atom. The van der Waals surface area contributed by atoms with Crippen LogP contribution in [0.3, 0.4) is 0 Å². The van der Waals surface area contributed by atoms with Gasteiger partial charge in [0.1, 0.15) is 0 Å². The lowest BCUT2D eigenvalue weighted by atomic mass is 9.87. The minimum atomic E-state index is -0.116. The average molecular weight is 311 g/mol. The second-order valence-electron chi connectivity index (χ2n) is 5.54. The lowest BCUT2D eigenvalue weighted by Crippen LogP contribution is -2.56. The molecule has 98 valence electrons. The highest BCUT2D eigenvalue weighted by atomic mass is 79.9. The van der Waals surface area contributed by atoms with Crippen LogP contribution in [0.2, 0.25) is 0 Å². The Bertz CT molecular complexity index is 459. The van der Waals surface area contributed by atoms with E-state index in [0.29, 0.717) is 12.1 Å². The topological polar surface area (TPSA) is 46.3 Å². The molecule has 0 saturated carbocycles. The van der Waals surface area contributed by atoms with Crippen LogP contribution in [0, 0.1) is 0 Å². The maximum Gasteiger partial charge on any atom is 0.254 e. The molecule has 1 aromatic carbocycles. The fourth-order valence-electron chi connectivity index (χ4n) is 2.38. The Morgan fingerprint density at radius 2 is 2.22 bits per heavy atom. The van der Waals surface area contributed by atoms with Gasteiger partial charge >= 0.3 is 0 Å². The molecule has 1 aliphatic rings. The van der Waals surface area contributed by atoms with Crippen LogP contribution in [0.4, 0.5) is 0 Å². The van der Waals surface area contributed by atoms with Crippen molar-refractivity contribution in [2.24, 2.45) is 5.73 Å². The van der Waals surface area contributed by atoms with Crippen LogP contribution in [0.25, 0.3) is 0 Å². The summed E-state index contributed by atoms with van der Waals surface area (Å²) >= 11 is 3.40. The maximum absolute atomic E-state index is 12.6. The fourth-order valence-corrected chi connectivity index (χ4v) is 2.78. The second-order valence-corrected chi connectivity index (χ2v) is 6.45. The third kappa shape index (κ3) is 2.75. The molecule has 18 heavy (non-hydrogen) atoms. The number of benzene rings is 1. The minimum Gasteiger partial charge on any atom is -0.332 e. The molecule has 2 rings (SSSR count). The number of amides is 1. The lowest BCUT2D eigenvalue weighted by Gasteiger charge is -2.44. The van der Waals surface area contributed by atoms with E-state index in [2.05, 4.69) is 29.8 Å². The number of hydrogen-bond acceptors (Lipinski definition) is 2. The van der Waals surface area contributed by atoms with Gasteiger partial charge in [0.15, 0.2) is 0 Å². The number of nitrogens with zero attached hydrogens (tertiary/aromatic N) is 1. The normalized spacial score (nSPS) is 22.9. The van der Waals surface area contributed by atoms with Crippen molar-refractivity contribution in [3.05, 3.63) is 34.3 Å². The van der Waals surface area contributed by atoms with Gasteiger partial charge in [0.2, 0.25) is 0 Å². The molecular weight excluding hydrogens is 292 g/mol. The van der Waals surface area contributed by atoms with E-state index in [9.17, 15) is 4.79 Å². The summed E-state index contributed by atoms with van der Waals surface area (Å²) in [6.07, 6.45) is 1.93. The Hall–Kier alpha value is -0.870. The van der Waals surface area contributed by atoms with Gasteiger partial charge in [-0.2, -0.15) is 0 Å². The summed E-state index contributed by atoms with van der Waals surface area (Å²) in [4.78, 5) is 14.5. The molecule has 2 N–H and O–H groups in total. The Kier molecular flexibility index (Phi) is 3.78. The number of nitrogens with two attached hydrogens (primary N) is 1. The third-order valence-corrected chi connectivity index (χ3v) is 4.08. The summed E-state index contributed by atoms with van der Waals surface area (Å²) in [6.45, 7) is 4.85. The molecule has 3 nitrogen and oxygen atoms in total. The molecular formula is C14H19BrN2O. The first kappa shape index (κ1) is 13.6. The predicted molar refractivity (Wildman–Crippen MR) is 76.5 cm³/mol. The number of likely N-dealkylation sites (tertiary alicyclic amines) is 1. The summed E-state index contributed by atoms with van der Waals surface area (Å²) in [7, 11) is 0. The number of carbonyl (C=O) groups is 1. The highest BCUT2D eigenvalue weighted by molar-refractivity contribution is 9.10. The zero-order valence-electron chi connectivity index (χ0n) is 10.8. The van der Waals surface area contributed by atoms with Gasteiger partial charge in [0, 0.05) is 28.2 Å². The highest BCUT2D eigenvalue weighted by Crippen LogP contribution is 2.28. The van der Waals surface area contributed by atoms with Crippen LogP contribution < -0.4 is 5.73 Å². The number of piperidine rings is 1. The molecule has 1 saturated heterocycles. The van der Waals surface area contributed by atoms with Crippen LogP contribution in [0.1, 0.15) is 37.0 Å². The smallest absolute Gasteiger partial charge is 0.254 e. The van der Waals surface area contributed by atoms with Gasteiger partial charge < -0.3 is 10.6 Å². The predicted octanol–water partition coefficient (Wildman–Crippen LogP) is 2.79. The molecule has 1 atom stereocenters. The van der Waals surface area contributed by atoms with Gasteiger partial charge in [-0.25, -0.2) is 0 Å². The van der Waals surface area contributed by atoms with Crippen molar-refractivity contribution in [3.63, 3.8) is 0 Å². The van der Waals surface area contributed by atoms with Gasteiger partial charge in [-0.3, -0.25) is 4.79 Å². The van der Waals surface area contributed by atoms with Crippen molar-refractivity contribution in [1.29, 1.82) is 0 Å². The molecule has 0 spiro atoms. The molecule has 0 bridgehead atoms. The van der Waals surface area contributed by atoms with Crippen LogP contribution >= 0.6 is 15.9 Å². The Balaban J connectivity index is 2.26. The van der Waals surface area contributed by atoms with Crippen molar-refractivity contribution in [3.8, 4) is 0 Å². The number of hydrogen-bond donors (Lipinski definition) is 1. The summed E-state index contributed by atoms with van der Waals surface area (Å²) in [5, 5.41) is 0. The SMILES string of the molecule is CC1(C)CCC(N)CN1C(=O)c1cccc(Br)c1. The fraction of sp³-hybridized carbons (Fsp3) is 0.500. The maximum atomic E-state index is 12.6. The summed E-state index contributed by atoms with van der Waals surface area (Å²) in [5.41, 5.74) is 6.59. The van der Waals surface area contributed by atoms with E-state index in [1.807, 2.05) is 29.2 Å². The van der Waals surface area contributed by atoms with Gasteiger partial charge in [0.05, 0.1) is 0 Å². The largest absolute Gasteiger partial charge is 0.332 e. The Morgan fingerprint density at radius 1 is 1.50 bits per heavy atom. The van der Waals surface area contributed by atoms with Crippen molar-refractivity contribution in [1.82, 2.24) is 4.90 Å². The first-order valence-electron chi connectivity index (χ1n) is 6.23. The summed E-state index contributed by atoms with van der Waals surface area (Å²) < 4.78 is 0.924. The lowest BCUT2D eigenvalue weighted by molar-refractivity contribution is 0.0395. The number of carbonyl (C=O) groups excluding carboxylic acids is 1. The quantitative estimate of drug-likeness (QED) is 0.867. The van der Waals surface area contributed by atoms with Crippen molar-refractivity contribution >= 4 is 21.8 Å². The van der Waals surface area contributed by atoms with Crippen LogP contribution in [0.15, 0.2) is 28.7 Å². The van der Waals surface area contributed by atoms with Gasteiger partial charge in [0.25, 0.3) is 5.91 Å². The molecule has 1 aromatic rings. The molecule has 1 aliphatic heterocycles. The molecule has 4 heteroatoms. The van der Waals surface area contributed by atoms with E-state index in [-0.39, 0.29) is 17.5 Å². The molecule has 1 fully saturated rings. The number of halogens is 1. The van der Waals surface area contributed by atoms with E-state index < -0.39 is 0 Å². The van der Waals surface area contributed by atoms with E-state index in [1.54, 1.807) is 0 Å². The van der Waals surface area contributed by atoms with Crippen LogP contribution in [-0.4, -0.2) is 28.9 Å². The highest BCUT2D eigenvalue weighted by Gasteiger charge is 2.36. The molecule has 0 radical (unpaired) electrons. The van der Waals surface area contributed by atoms with Crippen LogP contribution in [0.5, 0.6) is 0 Å². The van der Waals surface area contributed by atoms with E-state index in [1.165, 1.54) is 0 Å². The number of rotatable bonds is 1.